The summed E-state index contributed by atoms with van der Waals surface area (Å²) in [5.74, 6) is -1.78. The Bertz CT molecular complexity index is 324. The fraction of sp³-hybridized carbons (Fsp3) is 0.600. The molecule has 21 heavy (non-hydrogen) atoms. The first-order valence-corrected chi connectivity index (χ1v) is 5.77. The molecular weight excluding hydrogens is 312 g/mol. The van der Waals surface area contributed by atoms with Crippen molar-refractivity contribution >= 4 is 35.1 Å². The Labute approximate surface area is 126 Å². The first-order valence-electron chi connectivity index (χ1n) is 5.40. The second-order valence-electron chi connectivity index (χ2n) is 2.94. The van der Waals surface area contributed by atoms with E-state index < -0.39 is 23.5 Å². The lowest BCUT2D eigenvalue weighted by molar-refractivity contribution is -0.137. The van der Waals surface area contributed by atoms with Gasteiger partial charge < -0.3 is 30.7 Å². The molecule has 0 saturated heterocycles. The number of carboxylic acid groups (broad SMARTS) is 2. The van der Waals surface area contributed by atoms with E-state index in [1.165, 1.54) is 14.2 Å². The van der Waals surface area contributed by atoms with Crippen molar-refractivity contribution in [1.82, 2.24) is 5.32 Å². The Hall–Kier alpha value is -2.07. The zero-order chi connectivity index (χ0) is 17.3. The van der Waals surface area contributed by atoms with Crippen molar-refractivity contribution in [2.45, 2.75) is 12.8 Å². The van der Waals surface area contributed by atoms with Gasteiger partial charge in [0.15, 0.2) is 0 Å². The number of alkyl carbamates (subject to hydrolysis) is 1. The highest BCUT2D eigenvalue weighted by Gasteiger charge is 1.99. The van der Waals surface area contributed by atoms with Crippen molar-refractivity contribution < 1.29 is 38.9 Å². The van der Waals surface area contributed by atoms with E-state index in [9.17, 15) is 19.2 Å². The number of hydrogen-bond acceptors (Lipinski definition) is 7. The van der Waals surface area contributed by atoms with Crippen LogP contribution in [-0.2, 0) is 19.1 Å². The number of methoxy groups -OCH3 is 2. The third-order valence-electron chi connectivity index (χ3n) is 1.31. The van der Waals surface area contributed by atoms with Gasteiger partial charge in [0.1, 0.15) is 0 Å². The average molecular weight is 331 g/mol. The summed E-state index contributed by atoms with van der Waals surface area (Å²) < 4.78 is 8.07. The zero-order valence-corrected chi connectivity index (χ0v) is 12.4. The molecule has 0 atom stereocenters. The van der Waals surface area contributed by atoms with Crippen molar-refractivity contribution in [2.24, 2.45) is 5.73 Å². The molecule has 0 heterocycles. The van der Waals surface area contributed by atoms with Crippen LogP contribution < -0.4 is 11.1 Å². The number of carbonyl (C=O) groups excluding carboxylic acids is 2. The van der Waals surface area contributed by atoms with Crippen LogP contribution >= 0.6 is 11.6 Å². The molecule has 0 saturated carbocycles. The minimum atomic E-state index is -0.948. The van der Waals surface area contributed by atoms with Gasteiger partial charge in [-0.05, 0) is 0 Å². The van der Waals surface area contributed by atoms with Crippen LogP contribution in [0.4, 0.5) is 9.59 Å². The minimum absolute atomic E-state index is 0.0694. The number of carboxylic acids is 2. The van der Waals surface area contributed by atoms with Crippen molar-refractivity contribution in [3.63, 3.8) is 0 Å². The third kappa shape index (κ3) is 38.1. The quantitative estimate of drug-likeness (QED) is 0.516. The lowest BCUT2D eigenvalue weighted by Gasteiger charge is -1.99. The largest absolute Gasteiger partial charge is 0.481 e. The molecule has 11 heteroatoms. The van der Waals surface area contributed by atoms with Crippen LogP contribution in [0.5, 0.6) is 0 Å². The van der Waals surface area contributed by atoms with E-state index in [-0.39, 0.29) is 25.9 Å². The van der Waals surface area contributed by atoms with Crippen molar-refractivity contribution in [3.05, 3.63) is 0 Å². The van der Waals surface area contributed by atoms with E-state index >= 15 is 0 Å². The molecule has 124 valence electrons. The molecule has 0 aromatic rings. The molecule has 10 nitrogen and oxygen atoms in total. The van der Waals surface area contributed by atoms with Gasteiger partial charge in [0.25, 0.3) is 0 Å². The van der Waals surface area contributed by atoms with Crippen LogP contribution in [0.25, 0.3) is 0 Å². The number of halogens is 1. The molecule has 0 aromatic heterocycles. The number of carbonyl (C=O) groups is 4. The second kappa shape index (κ2) is 17.9. The predicted molar refractivity (Wildman–Crippen MR) is 72.2 cm³/mol. The van der Waals surface area contributed by atoms with Gasteiger partial charge in [-0.15, -0.1) is 0 Å². The Morgan fingerprint density at radius 3 is 1.67 bits per heavy atom. The third-order valence-corrected chi connectivity index (χ3v) is 1.47. The van der Waals surface area contributed by atoms with E-state index in [2.05, 4.69) is 26.4 Å². The number of amides is 1. The highest BCUT2D eigenvalue weighted by atomic mass is 35.5. The van der Waals surface area contributed by atoms with Gasteiger partial charge in [-0.1, -0.05) is 0 Å². The summed E-state index contributed by atoms with van der Waals surface area (Å²) in [5, 5.41) is 18.2. The summed E-state index contributed by atoms with van der Waals surface area (Å²) >= 11 is 4.60. The first-order chi connectivity index (χ1) is 9.70. The predicted octanol–water partition coefficient (Wildman–Crippen LogP) is 0.229. The number of nitrogens with two attached hydrogens (primary N) is 1. The molecule has 0 aliphatic carbocycles. The lowest BCUT2D eigenvalue weighted by atomic mass is 10.4. The molecule has 0 unspecified atom stereocenters. The second-order valence-corrected chi connectivity index (χ2v) is 3.24. The molecule has 0 spiro atoms. The summed E-state index contributed by atoms with van der Waals surface area (Å²) in [6.07, 6.45) is -0.629. The maximum Gasteiger partial charge on any atom is 0.406 e. The molecule has 0 aliphatic rings. The van der Waals surface area contributed by atoms with Gasteiger partial charge in [0, 0.05) is 24.7 Å². The molecule has 0 aromatic carbocycles. The van der Waals surface area contributed by atoms with Gasteiger partial charge in [0.05, 0.1) is 27.1 Å². The van der Waals surface area contributed by atoms with E-state index in [0.29, 0.717) is 0 Å². The topological polar surface area (TPSA) is 165 Å². The Balaban J connectivity index is -0.000000252. The molecule has 0 fully saturated rings. The number of nitrogens with one attached hydrogen (secondary N) is 1. The number of ether oxygens (including phenoxy) is 2. The van der Waals surface area contributed by atoms with Gasteiger partial charge in [0.2, 0.25) is 0 Å². The minimum Gasteiger partial charge on any atom is -0.481 e. The molecule has 0 rings (SSSR count). The number of rotatable bonds is 5. The van der Waals surface area contributed by atoms with Gasteiger partial charge in [-0.25, -0.2) is 9.59 Å². The van der Waals surface area contributed by atoms with Crippen molar-refractivity contribution in [1.29, 1.82) is 0 Å². The van der Waals surface area contributed by atoms with Gasteiger partial charge in [-0.2, -0.15) is 0 Å². The van der Waals surface area contributed by atoms with Gasteiger partial charge in [-0.3, -0.25) is 9.59 Å². The fourth-order valence-corrected chi connectivity index (χ4v) is 0.467. The van der Waals surface area contributed by atoms with Crippen LogP contribution in [0, 0.1) is 0 Å². The SMILES string of the molecule is COC(=O)Cl.COC(=O)NCCC(=O)O.NCCC(=O)O. The smallest absolute Gasteiger partial charge is 0.406 e. The van der Waals surface area contributed by atoms with E-state index in [0.717, 1.165) is 0 Å². The molecule has 5 N–H and O–H groups in total. The lowest BCUT2D eigenvalue weighted by Crippen LogP contribution is -2.25. The Morgan fingerprint density at radius 2 is 1.48 bits per heavy atom. The van der Waals surface area contributed by atoms with Crippen molar-refractivity contribution in [2.75, 3.05) is 27.3 Å². The fourth-order valence-electron chi connectivity index (χ4n) is 0.467. The van der Waals surface area contributed by atoms with Crippen molar-refractivity contribution in [3.8, 4) is 0 Å². The van der Waals surface area contributed by atoms with E-state index in [4.69, 9.17) is 15.9 Å². The summed E-state index contributed by atoms with van der Waals surface area (Å²) in [6, 6.07) is 0. The summed E-state index contributed by atoms with van der Waals surface area (Å²) in [7, 11) is 2.44. The molecule has 0 bridgehead atoms. The van der Waals surface area contributed by atoms with Crippen LogP contribution in [0.2, 0.25) is 0 Å². The monoisotopic (exact) mass is 330 g/mol. The summed E-state index contributed by atoms with van der Waals surface area (Å²) in [6.45, 7) is 0.331. The molecule has 0 radical (unpaired) electrons. The Kier molecular flexibility index (Phi) is 20.5. The number of aliphatic carboxylic acids is 2. The van der Waals surface area contributed by atoms with E-state index in [1.807, 2.05) is 0 Å². The zero-order valence-electron chi connectivity index (χ0n) is 11.6. The van der Waals surface area contributed by atoms with Crippen LogP contribution in [0.1, 0.15) is 12.8 Å². The molecule has 0 aliphatic heterocycles. The van der Waals surface area contributed by atoms with E-state index in [1.54, 1.807) is 0 Å². The normalized spacial score (nSPS) is 8.00. The van der Waals surface area contributed by atoms with Crippen LogP contribution in [0.15, 0.2) is 0 Å². The number of hydrogen-bond donors (Lipinski definition) is 4. The molecule has 1 amide bonds. The standard InChI is InChI=1S/C5H9NO4.C3H7NO2.C2H3ClO2/c1-10-5(9)6-3-2-4(7)8;4-2-1-3(5)6;1-5-2(3)4/h2-3H2,1H3,(H,6,9)(H,7,8);1-2,4H2,(H,5,6);1H3. The Morgan fingerprint density at radius 1 is 1.05 bits per heavy atom. The maximum atomic E-state index is 10.3. The highest BCUT2D eigenvalue weighted by Crippen LogP contribution is 1.78. The maximum absolute atomic E-state index is 10.3. The highest BCUT2D eigenvalue weighted by molar-refractivity contribution is 6.61. The van der Waals surface area contributed by atoms with Crippen LogP contribution in [0.3, 0.4) is 0 Å². The summed E-state index contributed by atoms with van der Waals surface area (Å²) in [4.78, 5) is 39.0. The first kappa shape index (κ1) is 24.0. The van der Waals surface area contributed by atoms with Crippen LogP contribution in [-0.4, -0.2) is 61.0 Å². The average Bonchev–Trinajstić information content (AvgIpc) is 2.39. The summed E-state index contributed by atoms with van der Waals surface area (Å²) in [5.41, 5.74) is 4.08. The molecular formula is C10H19ClN2O8. The van der Waals surface area contributed by atoms with Gasteiger partial charge >= 0.3 is 23.5 Å².